The first-order chi connectivity index (χ1) is 18.4. The molecule has 2 saturated heterocycles. The van der Waals surface area contributed by atoms with Crippen LogP contribution in [-0.4, -0.2) is 75.9 Å². The fraction of sp³-hybridized carbons (Fsp3) is 0.517. The molecule has 0 N–H and O–H groups in total. The number of benzene rings is 2. The van der Waals surface area contributed by atoms with Crippen molar-refractivity contribution in [1.29, 1.82) is 0 Å². The molecule has 0 atom stereocenters. The van der Waals surface area contributed by atoms with E-state index in [0.29, 0.717) is 43.5 Å². The molecule has 0 spiro atoms. The highest BCUT2D eigenvalue weighted by Gasteiger charge is 2.30. The van der Waals surface area contributed by atoms with Gasteiger partial charge in [-0.25, -0.2) is 4.68 Å². The summed E-state index contributed by atoms with van der Waals surface area (Å²) in [6.07, 6.45) is 4.38. The van der Waals surface area contributed by atoms with Crippen LogP contribution in [0.4, 0.5) is 5.69 Å². The van der Waals surface area contributed by atoms with Crippen molar-refractivity contribution < 1.29 is 9.59 Å². The second-order valence-corrected chi connectivity index (χ2v) is 11.1. The predicted molar refractivity (Wildman–Crippen MR) is 150 cm³/mol. The Kier molecular flexibility index (Phi) is 8.29. The van der Waals surface area contributed by atoms with Gasteiger partial charge in [-0.2, -0.15) is 0 Å². The van der Waals surface area contributed by atoms with Gasteiger partial charge < -0.3 is 14.7 Å². The number of aromatic nitrogens is 3. The zero-order valence-corrected chi connectivity index (χ0v) is 23.1. The summed E-state index contributed by atoms with van der Waals surface area (Å²) in [6, 6.07) is 14.4. The Labute approximate surface area is 229 Å². The van der Waals surface area contributed by atoms with Crippen molar-refractivity contribution in [3.05, 3.63) is 53.1 Å². The molecule has 2 fully saturated rings. The van der Waals surface area contributed by atoms with E-state index in [1.807, 2.05) is 53.1 Å². The van der Waals surface area contributed by atoms with Crippen molar-refractivity contribution in [3.8, 4) is 0 Å². The number of carbonyl (C=O) groups excluding carboxylic acids is 2. The third-order valence-electron chi connectivity index (χ3n) is 8.16. The number of nitrogens with zero attached hydrogens (tertiary/aromatic N) is 6. The molecule has 3 aromatic rings. The topological polar surface area (TPSA) is 74.6 Å². The number of amides is 2. The number of carbonyl (C=O) groups is 2. The number of rotatable bonds is 7. The number of fused-ring (bicyclic) bond motifs is 1. The molecular weight excluding hydrogens is 500 g/mol. The molecule has 2 aromatic carbocycles. The first-order valence-electron chi connectivity index (χ1n) is 13.8. The molecule has 0 unspecified atom stereocenters. The molecule has 3 heterocycles. The summed E-state index contributed by atoms with van der Waals surface area (Å²) in [5.41, 5.74) is 3.91. The zero-order chi connectivity index (χ0) is 26.6. The average molecular weight is 537 g/mol. The van der Waals surface area contributed by atoms with Gasteiger partial charge in [-0.3, -0.25) is 9.59 Å². The SMILES string of the molecule is CC(=O)N1CCC(C(=O)N(CCCN2CCC(n3nnc4ccccc43)CC2)c2ccc(C)c(Cl)c2)CC1. The molecular formula is C29H37ClN6O2. The van der Waals surface area contributed by atoms with E-state index in [0.717, 1.165) is 61.2 Å². The van der Waals surface area contributed by atoms with Gasteiger partial charge in [-0.1, -0.05) is 35.0 Å². The lowest BCUT2D eigenvalue weighted by atomic mass is 9.94. The zero-order valence-electron chi connectivity index (χ0n) is 22.4. The summed E-state index contributed by atoms with van der Waals surface area (Å²) in [5.74, 6) is 0.155. The van der Waals surface area contributed by atoms with Crippen LogP contribution in [0.15, 0.2) is 42.5 Å². The van der Waals surface area contributed by atoms with E-state index in [1.165, 1.54) is 0 Å². The molecule has 1 aromatic heterocycles. The molecule has 2 aliphatic rings. The molecule has 38 heavy (non-hydrogen) atoms. The first kappa shape index (κ1) is 26.6. The van der Waals surface area contributed by atoms with Crippen LogP contribution in [0, 0.1) is 12.8 Å². The number of para-hydroxylation sites is 1. The second-order valence-electron chi connectivity index (χ2n) is 10.7. The van der Waals surface area contributed by atoms with Crippen LogP contribution in [0.1, 0.15) is 50.6 Å². The minimum absolute atomic E-state index is 0.0704. The Morgan fingerprint density at radius 2 is 1.76 bits per heavy atom. The molecule has 5 rings (SSSR count). The van der Waals surface area contributed by atoms with Gasteiger partial charge in [0.2, 0.25) is 11.8 Å². The van der Waals surface area contributed by atoms with Gasteiger partial charge in [0.05, 0.1) is 11.6 Å². The number of halogens is 1. The summed E-state index contributed by atoms with van der Waals surface area (Å²) in [7, 11) is 0. The maximum atomic E-state index is 13.7. The van der Waals surface area contributed by atoms with E-state index in [2.05, 4.69) is 26.0 Å². The lowest BCUT2D eigenvalue weighted by molar-refractivity contribution is -0.133. The summed E-state index contributed by atoms with van der Waals surface area (Å²) in [5, 5.41) is 9.42. The van der Waals surface area contributed by atoms with Crippen molar-refractivity contribution in [3.63, 3.8) is 0 Å². The van der Waals surface area contributed by atoms with Gasteiger partial charge in [0, 0.05) is 56.3 Å². The highest BCUT2D eigenvalue weighted by atomic mass is 35.5. The summed E-state index contributed by atoms with van der Waals surface area (Å²) >= 11 is 6.45. The van der Waals surface area contributed by atoms with E-state index in [1.54, 1.807) is 6.92 Å². The van der Waals surface area contributed by atoms with Gasteiger partial charge in [0.1, 0.15) is 5.52 Å². The Morgan fingerprint density at radius 1 is 1.03 bits per heavy atom. The van der Waals surface area contributed by atoms with Crippen molar-refractivity contribution >= 4 is 40.1 Å². The summed E-state index contributed by atoms with van der Waals surface area (Å²) in [6.45, 7) is 8.46. The monoisotopic (exact) mass is 536 g/mol. The van der Waals surface area contributed by atoms with Crippen LogP contribution < -0.4 is 4.90 Å². The average Bonchev–Trinajstić information content (AvgIpc) is 3.37. The number of anilines is 1. The number of likely N-dealkylation sites (tertiary alicyclic amines) is 2. The van der Waals surface area contributed by atoms with Crippen LogP contribution in [0.3, 0.4) is 0 Å². The van der Waals surface area contributed by atoms with E-state index < -0.39 is 0 Å². The predicted octanol–water partition coefficient (Wildman–Crippen LogP) is 4.71. The van der Waals surface area contributed by atoms with Crippen LogP contribution in [0.5, 0.6) is 0 Å². The molecule has 2 aliphatic heterocycles. The van der Waals surface area contributed by atoms with Crippen molar-refractivity contribution in [2.24, 2.45) is 5.92 Å². The third-order valence-corrected chi connectivity index (χ3v) is 8.57. The standard InChI is InChI=1S/C29H37ClN6O2/c1-21-8-9-25(20-26(21)30)35(29(38)23-10-18-34(19-11-23)22(2)37)15-5-14-33-16-12-24(13-17-33)36-28-7-4-3-6-27(28)31-32-36/h3-4,6-9,20,23-24H,5,10-19H2,1-2H3. The number of hydrogen-bond donors (Lipinski definition) is 0. The molecule has 0 aliphatic carbocycles. The highest BCUT2D eigenvalue weighted by Crippen LogP contribution is 2.29. The summed E-state index contributed by atoms with van der Waals surface area (Å²) < 4.78 is 2.09. The van der Waals surface area contributed by atoms with Crippen LogP contribution >= 0.6 is 11.6 Å². The van der Waals surface area contributed by atoms with Crippen LogP contribution in [0.2, 0.25) is 5.02 Å². The fourth-order valence-corrected chi connectivity index (χ4v) is 5.95. The van der Waals surface area contributed by atoms with Gasteiger partial charge in [-0.05, 0) is 75.4 Å². The van der Waals surface area contributed by atoms with Gasteiger partial charge >= 0.3 is 0 Å². The quantitative estimate of drug-likeness (QED) is 0.437. The number of piperidine rings is 2. The van der Waals surface area contributed by atoms with Crippen molar-refractivity contribution in [1.82, 2.24) is 24.8 Å². The van der Waals surface area contributed by atoms with Crippen LogP contribution in [-0.2, 0) is 9.59 Å². The molecule has 8 nitrogen and oxygen atoms in total. The largest absolute Gasteiger partial charge is 0.343 e. The van der Waals surface area contributed by atoms with Crippen molar-refractivity contribution in [2.45, 2.75) is 52.0 Å². The third kappa shape index (κ3) is 5.86. The van der Waals surface area contributed by atoms with Gasteiger partial charge in [0.15, 0.2) is 0 Å². The maximum absolute atomic E-state index is 13.7. The Balaban J connectivity index is 1.18. The van der Waals surface area contributed by atoms with Gasteiger partial charge in [0.25, 0.3) is 0 Å². The van der Waals surface area contributed by atoms with E-state index in [4.69, 9.17) is 11.6 Å². The van der Waals surface area contributed by atoms with Gasteiger partial charge in [-0.15, -0.1) is 5.10 Å². The number of hydrogen-bond acceptors (Lipinski definition) is 5. The summed E-state index contributed by atoms with van der Waals surface area (Å²) in [4.78, 5) is 31.7. The van der Waals surface area contributed by atoms with E-state index in [9.17, 15) is 9.59 Å². The van der Waals surface area contributed by atoms with Crippen molar-refractivity contribution in [2.75, 3.05) is 44.2 Å². The molecule has 0 bridgehead atoms. The highest BCUT2D eigenvalue weighted by molar-refractivity contribution is 6.31. The lowest BCUT2D eigenvalue weighted by Gasteiger charge is -2.35. The molecule has 0 radical (unpaired) electrons. The van der Waals surface area contributed by atoms with E-state index >= 15 is 0 Å². The Hall–Kier alpha value is -2.97. The fourth-order valence-electron chi connectivity index (χ4n) is 5.77. The van der Waals surface area contributed by atoms with E-state index in [-0.39, 0.29) is 17.7 Å². The normalized spacial score (nSPS) is 17.7. The smallest absolute Gasteiger partial charge is 0.230 e. The minimum atomic E-state index is -0.0704. The molecule has 0 saturated carbocycles. The Bertz CT molecular complexity index is 1280. The molecule has 9 heteroatoms. The lowest BCUT2D eigenvalue weighted by Crippen LogP contribution is -2.45. The number of aryl methyl sites for hydroxylation is 1. The minimum Gasteiger partial charge on any atom is -0.343 e. The molecule has 2 amide bonds. The first-order valence-corrected chi connectivity index (χ1v) is 14.1. The van der Waals surface area contributed by atoms with Crippen LogP contribution in [0.25, 0.3) is 11.0 Å². The second kappa shape index (κ2) is 11.8. The Morgan fingerprint density at radius 3 is 2.47 bits per heavy atom. The maximum Gasteiger partial charge on any atom is 0.230 e. The molecule has 202 valence electrons.